The van der Waals surface area contributed by atoms with Gasteiger partial charge >= 0.3 is 145 Å². The number of hydrogen-bond acceptors (Lipinski definition) is 2. The van der Waals surface area contributed by atoms with Gasteiger partial charge in [-0.2, -0.15) is 0 Å². The van der Waals surface area contributed by atoms with Crippen molar-refractivity contribution >= 4 is 50.2 Å². The van der Waals surface area contributed by atoms with Crippen molar-refractivity contribution in [1.29, 1.82) is 0 Å². The predicted octanol–water partition coefficient (Wildman–Crippen LogP) is 2.05. The monoisotopic (exact) mass is 375 g/mol. The van der Waals surface area contributed by atoms with Crippen LogP contribution in [0.4, 0.5) is 0 Å². The van der Waals surface area contributed by atoms with Crippen LogP contribution in [-0.2, 0) is 0 Å². The van der Waals surface area contributed by atoms with Gasteiger partial charge < -0.3 is 0 Å². The van der Waals surface area contributed by atoms with Crippen molar-refractivity contribution in [1.82, 2.24) is 4.98 Å². The number of aromatic amines is 1. The molecular formula is C20H13N3Se. The van der Waals surface area contributed by atoms with Gasteiger partial charge in [0.15, 0.2) is 0 Å². The van der Waals surface area contributed by atoms with Crippen LogP contribution < -0.4 is 8.19 Å². The Hall–Kier alpha value is -2.68. The van der Waals surface area contributed by atoms with Crippen molar-refractivity contribution in [3.05, 3.63) is 79.5 Å². The zero-order valence-corrected chi connectivity index (χ0v) is 14.4. The number of H-pyrrole nitrogens is 1. The summed E-state index contributed by atoms with van der Waals surface area (Å²) in [6.07, 6.45) is 18.8. The fourth-order valence-electron chi connectivity index (χ4n) is 2.85. The Labute approximate surface area is 144 Å². The molecule has 114 valence electrons. The summed E-state index contributed by atoms with van der Waals surface area (Å²) in [5.41, 5.74) is 6.16. The normalized spacial score (nSPS) is 17.7. The van der Waals surface area contributed by atoms with Crippen LogP contribution in [-0.4, -0.2) is 30.9 Å². The van der Waals surface area contributed by atoms with Crippen molar-refractivity contribution in [2.24, 2.45) is 9.98 Å². The molecule has 0 fully saturated rings. The summed E-state index contributed by atoms with van der Waals surface area (Å²) in [4.78, 5) is 12.7. The Morgan fingerprint density at radius 1 is 0.750 bits per heavy atom. The quantitative estimate of drug-likeness (QED) is 0.686. The summed E-state index contributed by atoms with van der Waals surface area (Å²) < 4.78 is 2.68. The molecule has 0 aromatic carbocycles. The molecule has 2 aromatic rings. The van der Waals surface area contributed by atoms with Gasteiger partial charge in [0.1, 0.15) is 0 Å². The second-order valence-corrected chi connectivity index (χ2v) is 8.20. The maximum absolute atomic E-state index is 4.69. The van der Waals surface area contributed by atoms with Crippen LogP contribution in [0.5, 0.6) is 0 Å². The number of fused-ring (bicyclic) bond motifs is 6. The number of nitrogens with zero attached hydrogens (tertiary/aromatic N) is 2. The van der Waals surface area contributed by atoms with Crippen LogP contribution in [0, 0.1) is 0 Å². The molecule has 8 bridgehead atoms. The second kappa shape index (κ2) is 5.45. The molecule has 3 nitrogen and oxygen atoms in total. The van der Waals surface area contributed by atoms with Gasteiger partial charge in [-0.25, -0.2) is 0 Å². The van der Waals surface area contributed by atoms with Gasteiger partial charge in [0.05, 0.1) is 0 Å². The Kier molecular flexibility index (Phi) is 3.12. The van der Waals surface area contributed by atoms with Crippen molar-refractivity contribution < 1.29 is 0 Å². The van der Waals surface area contributed by atoms with E-state index in [9.17, 15) is 0 Å². The Morgan fingerprint density at radius 2 is 1.42 bits per heavy atom. The van der Waals surface area contributed by atoms with E-state index in [4.69, 9.17) is 4.99 Å². The first kappa shape index (κ1) is 13.7. The van der Waals surface area contributed by atoms with Crippen molar-refractivity contribution in [2.75, 3.05) is 0 Å². The van der Waals surface area contributed by atoms with Gasteiger partial charge in [-0.1, -0.05) is 0 Å². The van der Waals surface area contributed by atoms with Gasteiger partial charge in [-0.15, -0.1) is 0 Å². The van der Waals surface area contributed by atoms with Crippen molar-refractivity contribution in [3.8, 4) is 0 Å². The number of allylic oxidation sites excluding steroid dienone is 4. The Morgan fingerprint density at radius 3 is 2.12 bits per heavy atom. The van der Waals surface area contributed by atoms with Gasteiger partial charge in [0.25, 0.3) is 0 Å². The van der Waals surface area contributed by atoms with Crippen LogP contribution in [0.1, 0.15) is 11.3 Å². The molecule has 0 unspecified atom stereocenters. The molecule has 2 aromatic heterocycles. The number of hydrogen-bond donors (Lipinski definition) is 1. The van der Waals surface area contributed by atoms with Gasteiger partial charge in [-0.3, -0.25) is 0 Å². The fraction of sp³-hybridized carbons (Fsp3) is 0. The zero-order valence-electron chi connectivity index (χ0n) is 12.7. The van der Waals surface area contributed by atoms with Gasteiger partial charge in [0, 0.05) is 0 Å². The summed E-state index contributed by atoms with van der Waals surface area (Å²) in [6, 6.07) is 6.49. The number of aliphatic imine (C=N–C) groups is 2. The standard InChI is InChI=1S/C20H13N3Se/c1-3-16-10-19-5-6-20(24-19)11-17-4-2-15(23-17)9-18-8-13(12-21-18)7-14(1)22-16/h1-12,21H. The summed E-state index contributed by atoms with van der Waals surface area (Å²) in [5, 5.41) is 0. The first-order chi connectivity index (χ1) is 11.8. The molecule has 24 heavy (non-hydrogen) atoms. The molecule has 0 amide bonds. The van der Waals surface area contributed by atoms with Gasteiger partial charge in [-0.05, 0) is 0 Å². The molecular weight excluding hydrogens is 361 g/mol. The van der Waals surface area contributed by atoms with E-state index in [0.29, 0.717) is 14.5 Å². The van der Waals surface area contributed by atoms with E-state index < -0.39 is 0 Å². The van der Waals surface area contributed by atoms with Crippen LogP contribution >= 0.6 is 0 Å². The minimum absolute atomic E-state index is 0.314. The third-order valence-electron chi connectivity index (χ3n) is 3.94. The van der Waals surface area contributed by atoms with Crippen molar-refractivity contribution in [2.45, 2.75) is 0 Å². The first-order valence-electron chi connectivity index (χ1n) is 7.75. The molecule has 3 aliphatic heterocycles. The summed E-state index contributed by atoms with van der Waals surface area (Å²) in [5.74, 6) is 0. The van der Waals surface area contributed by atoms with E-state index in [1.54, 1.807) is 0 Å². The van der Waals surface area contributed by atoms with E-state index >= 15 is 0 Å². The summed E-state index contributed by atoms with van der Waals surface area (Å²) in [6.45, 7) is 0. The van der Waals surface area contributed by atoms with E-state index in [-0.39, 0.29) is 0 Å². The number of rotatable bonds is 0. The molecule has 5 heterocycles. The average Bonchev–Trinajstić information content (AvgIpc) is 3.32. The van der Waals surface area contributed by atoms with Crippen LogP contribution in [0.3, 0.4) is 0 Å². The summed E-state index contributed by atoms with van der Waals surface area (Å²) >= 11 is 0.314. The second-order valence-electron chi connectivity index (χ2n) is 5.80. The molecule has 4 heteroatoms. The van der Waals surface area contributed by atoms with Crippen LogP contribution in [0.15, 0.2) is 70.1 Å². The molecule has 0 saturated heterocycles. The van der Waals surface area contributed by atoms with Crippen molar-refractivity contribution in [3.63, 3.8) is 0 Å². The molecule has 5 rings (SSSR count). The molecule has 0 saturated carbocycles. The number of aromatic nitrogens is 1. The van der Waals surface area contributed by atoms with Crippen LogP contribution in [0.2, 0.25) is 0 Å². The third-order valence-corrected chi connectivity index (χ3v) is 5.99. The Balaban J connectivity index is 1.72. The van der Waals surface area contributed by atoms with Gasteiger partial charge in [0.2, 0.25) is 0 Å². The third kappa shape index (κ3) is 2.67. The average molecular weight is 374 g/mol. The number of nitrogens with one attached hydrogen (secondary N) is 1. The minimum atomic E-state index is 0.314. The van der Waals surface area contributed by atoms with E-state index in [2.05, 4.69) is 76.8 Å². The molecule has 1 N–H and O–H groups in total. The first-order valence-corrected chi connectivity index (χ1v) is 9.46. The molecule has 0 radical (unpaired) electrons. The molecule has 3 aliphatic rings. The van der Waals surface area contributed by atoms with Crippen LogP contribution in [0.25, 0.3) is 24.3 Å². The molecule has 0 aliphatic carbocycles. The van der Waals surface area contributed by atoms with E-state index in [1.807, 2.05) is 6.20 Å². The Bertz CT molecular complexity index is 1060. The maximum atomic E-state index is 4.69. The SMILES string of the molecule is C1=CC2=NC1=Cc1c[nH]c(c1)C=C1C=CC(=N1)C=c1ccc([se]1)=C2. The zero-order chi connectivity index (χ0) is 15.9. The predicted molar refractivity (Wildman–Crippen MR) is 101 cm³/mol. The van der Waals surface area contributed by atoms with E-state index in [1.165, 1.54) is 8.19 Å². The fourth-order valence-corrected chi connectivity index (χ4v) is 4.75. The molecule has 0 atom stereocenters. The topological polar surface area (TPSA) is 40.5 Å². The summed E-state index contributed by atoms with van der Waals surface area (Å²) in [7, 11) is 0. The van der Waals surface area contributed by atoms with E-state index in [0.717, 1.165) is 34.1 Å². The molecule has 0 spiro atoms.